The molecule has 0 saturated heterocycles. The van der Waals surface area contributed by atoms with E-state index in [9.17, 15) is 4.79 Å². The molecule has 0 atom stereocenters. The summed E-state index contributed by atoms with van der Waals surface area (Å²) in [5, 5.41) is 1.97. The van der Waals surface area contributed by atoms with Gasteiger partial charge in [0.1, 0.15) is 0 Å². The molecule has 4 rings (SSSR count). The summed E-state index contributed by atoms with van der Waals surface area (Å²) >= 11 is 1.54. The highest BCUT2D eigenvalue weighted by molar-refractivity contribution is 7.16. The van der Waals surface area contributed by atoms with Crippen LogP contribution in [0.5, 0.6) is 0 Å². The number of fused-ring (bicyclic) bond motifs is 2. The van der Waals surface area contributed by atoms with Crippen molar-refractivity contribution in [2.45, 2.75) is 20.4 Å². The molecule has 5 heteroatoms. The number of carbonyl (C=O) groups excluding carboxylic acids is 1. The third kappa shape index (κ3) is 3.63. The SMILES string of the molecule is CCOCCn1c(=NC(=O)c2cccc3ccccc23)sc2cc(C)ccc21. The van der Waals surface area contributed by atoms with E-state index in [1.807, 2.05) is 49.4 Å². The maximum atomic E-state index is 13.0. The molecule has 0 aliphatic heterocycles. The molecule has 0 spiro atoms. The second-order valence-electron chi connectivity index (χ2n) is 6.65. The van der Waals surface area contributed by atoms with E-state index in [1.165, 1.54) is 5.56 Å². The minimum Gasteiger partial charge on any atom is -0.380 e. The summed E-state index contributed by atoms with van der Waals surface area (Å²) in [7, 11) is 0. The van der Waals surface area contributed by atoms with Gasteiger partial charge in [-0.2, -0.15) is 4.99 Å². The summed E-state index contributed by atoms with van der Waals surface area (Å²) in [6.45, 7) is 5.98. The van der Waals surface area contributed by atoms with Crippen molar-refractivity contribution < 1.29 is 9.53 Å². The molecule has 1 aromatic heterocycles. The van der Waals surface area contributed by atoms with Gasteiger partial charge in [-0.25, -0.2) is 0 Å². The van der Waals surface area contributed by atoms with E-state index in [2.05, 4.69) is 34.7 Å². The summed E-state index contributed by atoms with van der Waals surface area (Å²) in [5.41, 5.74) is 2.90. The Morgan fingerprint density at radius 1 is 1.11 bits per heavy atom. The van der Waals surface area contributed by atoms with Crippen molar-refractivity contribution in [3.8, 4) is 0 Å². The maximum Gasteiger partial charge on any atom is 0.280 e. The number of hydrogen-bond acceptors (Lipinski definition) is 3. The molecule has 142 valence electrons. The monoisotopic (exact) mass is 390 g/mol. The highest BCUT2D eigenvalue weighted by atomic mass is 32.1. The summed E-state index contributed by atoms with van der Waals surface area (Å²) in [5.74, 6) is -0.217. The van der Waals surface area contributed by atoms with Gasteiger partial charge >= 0.3 is 0 Å². The van der Waals surface area contributed by atoms with E-state index in [4.69, 9.17) is 4.74 Å². The second-order valence-corrected chi connectivity index (χ2v) is 7.66. The van der Waals surface area contributed by atoms with E-state index in [1.54, 1.807) is 11.3 Å². The molecule has 1 heterocycles. The van der Waals surface area contributed by atoms with Crippen LogP contribution in [0.1, 0.15) is 22.8 Å². The van der Waals surface area contributed by atoms with E-state index >= 15 is 0 Å². The van der Waals surface area contributed by atoms with Crippen molar-refractivity contribution in [2.24, 2.45) is 4.99 Å². The van der Waals surface area contributed by atoms with Gasteiger partial charge in [0, 0.05) is 18.7 Å². The van der Waals surface area contributed by atoms with Crippen molar-refractivity contribution in [1.82, 2.24) is 4.57 Å². The minimum absolute atomic E-state index is 0.217. The Hall–Kier alpha value is -2.76. The first-order valence-electron chi connectivity index (χ1n) is 9.42. The molecule has 0 fully saturated rings. The lowest BCUT2D eigenvalue weighted by molar-refractivity contribution is 0.0998. The smallest absolute Gasteiger partial charge is 0.280 e. The average Bonchev–Trinajstić information content (AvgIpc) is 3.03. The fraction of sp³-hybridized carbons (Fsp3) is 0.217. The number of hydrogen-bond donors (Lipinski definition) is 0. The summed E-state index contributed by atoms with van der Waals surface area (Å²) < 4.78 is 8.75. The van der Waals surface area contributed by atoms with Crippen LogP contribution in [0.2, 0.25) is 0 Å². The predicted octanol–water partition coefficient (Wildman–Crippen LogP) is 4.94. The second kappa shape index (κ2) is 8.09. The Labute approximate surface area is 167 Å². The van der Waals surface area contributed by atoms with Gasteiger partial charge in [-0.05, 0) is 48.4 Å². The maximum absolute atomic E-state index is 13.0. The van der Waals surface area contributed by atoms with Gasteiger partial charge in [0.2, 0.25) is 0 Å². The number of thiazole rings is 1. The molecular weight excluding hydrogens is 368 g/mol. The van der Waals surface area contributed by atoms with Gasteiger partial charge in [0.15, 0.2) is 4.80 Å². The standard InChI is InChI=1S/C23H22N2O2S/c1-3-27-14-13-25-20-12-11-16(2)15-21(20)28-23(25)24-22(26)19-10-6-8-17-7-4-5-9-18(17)19/h4-12,15H,3,13-14H2,1-2H3. The van der Waals surface area contributed by atoms with E-state index < -0.39 is 0 Å². The van der Waals surface area contributed by atoms with Crippen molar-refractivity contribution in [2.75, 3.05) is 13.2 Å². The molecule has 0 saturated carbocycles. The lowest BCUT2D eigenvalue weighted by Crippen LogP contribution is -2.19. The summed E-state index contributed by atoms with van der Waals surface area (Å²) in [6, 6.07) is 20.0. The molecule has 1 amide bonds. The number of aryl methyl sites for hydroxylation is 1. The molecule has 0 bridgehead atoms. The predicted molar refractivity (Wildman–Crippen MR) is 115 cm³/mol. The van der Waals surface area contributed by atoms with Gasteiger partial charge in [-0.15, -0.1) is 0 Å². The lowest BCUT2D eigenvalue weighted by Gasteiger charge is -2.06. The number of rotatable bonds is 5. The zero-order valence-electron chi connectivity index (χ0n) is 16.0. The largest absolute Gasteiger partial charge is 0.380 e. The molecule has 0 unspecified atom stereocenters. The number of amides is 1. The highest BCUT2D eigenvalue weighted by Crippen LogP contribution is 2.21. The van der Waals surface area contributed by atoms with Crippen LogP contribution in [-0.2, 0) is 11.3 Å². The Bertz CT molecular complexity index is 1210. The number of nitrogens with zero attached hydrogens (tertiary/aromatic N) is 2. The molecule has 0 radical (unpaired) electrons. The van der Waals surface area contributed by atoms with Crippen LogP contribution >= 0.6 is 11.3 Å². The van der Waals surface area contributed by atoms with Crippen LogP contribution in [0, 0.1) is 6.92 Å². The van der Waals surface area contributed by atoms with Gasteiger partial charge in [-0.1, -0.05) is 53.8 Å². The third-order valence-electron chi connectivity index (χ3n) is 4.72. The van der Waals surface area contributed by atoms with Crippen molar-refractivity contribution in [3.05, 3.63) is 76.6 Å². The zero-order chi connectivity index (χ0) is 19.5. The van der Waals surface area contributed by atoms with Gasteiger partial charge in [0.05, 0.1) is 16.8 Å². The molecule has 28 heavy (non-hydrogen) atoms. The van der Waals surface area contributed by atoms with Crippen LogP contribution in [0.15, 0.2) is 65.7 Å². The fourth-order valence-corrected chi connectivity index (χ4v) is 4.49. The molecule has 4 nitrogen and oxygen atoms in total. The molecule has 4 aromatic rings. The normalized spacial score (nSPS) is 12.1. The number of benzene rings is 3. The molecule has 0 aliphatic carbocycles. The summed E-state index contributed by atoms with van der Waals surface area (Å²) in [4.78, 5) is 18.3. The number of aromatic nitrogens is 1. The first-order chi connectivity index (χ1) is 13.7. The Morgan fingerprint density at radius 3 is 2.79 bits per heavy atom. The first kappa shape index (κ1) is 18.6. The molecule has 0 N–H and O–H groups in total. The van der Waals surface area contributed by atoms with Crippen LogP contribution < -0.4 is 4.80 Å². The minimum atomic E-state index is -0.217. The van der Waals surface area contributed by atoms with E-state index in [0.29, 0.717) is 30.1 Å². The summed E-state index contributed by atoms with van der Waals surface area (Å²) in [6.07, 6.45) is 0. The van der Waals surface area contributed by atoms with Crippen LogP contribution in [0.3, 0.4) is 0 Å². The first-order valence-corrected chi connectivity index (χ1v) is 10.2. The van der Waals surface area contributed by atoms with Crippen LogP contribution in [0.25, 0.3) is 21.0 Å². The van der Waals surface area contributed by atoms with E-state index in [0.717, 1.165) is 21.0 Å². The van der Waals surface area contributed by atoms with Crippen molar-refractivity contribution in [3.63, 3.8) is 0 Å². The average molecular weight is 391 g/mol. The Morgan fingerprint density at radius 2 is 1.93 bits per heavy atom. The van der Waals surface area contributed by atoms with Crippen molar-refractivity contribution >= 4 is 38.2 Å². The lowest BCUT2D eigenvalue weighted by atomic mass is 10.0. The Balaban J connectivity index is 1.83. The van der Waals surface area contributed by atoms with Gasteiger partial charge in [-0.3, -0.25) is 4.79 Å². The fourth-order valence-electron chi connectivity index (χ4n) is 3.34. The topological polar surface area (TPSA) is 43.6 Å². The molecule has 3 aromatic carbocycles. The van der Waals surface area contributed by atoms with E-state index in [-0.39, 0.29) is 5.91 Å². The van der Waals surface area contributed by atoms with Crippen molar-refractivity contribution in [1.29, 1.82) is 0 Å². The van der Waals surface area contributed by atoms with Gasteiger partial charge < -0.3 is 9.30 Å². The number of ether oxygens (including phenoxy) is 1. The third-order valence-corrected chi connectivity index (χ3v) is 5.76. The molecular formula is C23H22N2O2S. The van der Waals surface area contributed by atoms with Crippen LogP contribution in [0.4, 0.5) is 0 Å². The highest BCUT2D eigenvalue weighted by Gasteiger charge is 2.12. The molecule has 0 aliphatic rings. The quantitative estimate of drug-likeness (QED) is 0.453. The number of carbonyl (C=O) groups is 1. The zero-order valence-corrected chi connectivity index (χ0v) is 16.8. The Kier molecular flexibility index (Phi) is 5.37. The van der Waals surface area contributed by atoms with Crippen LogP contribution in [-0.4, -0.2) is 23.7 Å². The van der Waals surface area contributed by atoms with Gasteiger partial charge in [0.25, 0.3) is 5.91 Å².